The van der Waals surface area contributed by atoms with Gasteiger partial charge in [-0.1, -0.05) is 18.2 Å². The van der Waals surface area contributed by atoms with Gasteiger partial charge in [0.1, 0.15) is 0 Å². The molecule has 5 heteroatoms. The molecular formula is C16H15NO4. The highest BCUT2D eigenvalue weighted by molar-refractivity contribution is 6.20. The fraction of sp³-hybridized carbons (Fsp3) is 0.188. The molecule has 1 atom stereocenters. The lowest BCUT2D eigenvalue weighted by Crippen LogP contribution is -2.30. The van der Waals surface area contributed by atoms with E-state index < -0.39 is 5.97 Å². The first-order chi connectivity index (χ1) is 10.0. The van der Waals surface area contributed by atoms with E-state index in [1.807, 2.05) is 0 Å². The molecular weight excluding hydrogens is 270 g/mol. The van der Waals surface area contributed by atoms with Crippen LogP contribution in [0.3, 0.4) is 0 Å². The summed E-state index contributed by atoms with van der Waals surface area (Å²) in [4.78, 5) is 35.7. The Hall–Kier alpha value is -2.69. The SMILES string of the molecule is C=CCC1CC(=O)N(c2ccc(C=CC(=O)O)cc2)C1=O. The van der Waals surface area contributed by atoms with Crippen molar-refractivity contribution < 1.29 is 19.5 Å². The Morgan fingerprint density at radius 2 is 2.00 bits per heavy atom. The number of benzene rings is 1. The van der Waals surface area contributed by atoms with Gasteiger partial charge in [0.15, 0.2) is 0 Å². The molecule has 2 amide bonds. The summed E-state index contributed by atoms with van der Waals surface area (Å²) >= 11 is 0. The zero-order chi connectivity index (χ0) is 15.4. The summed E-state index contributed by atoms with van der Waals surface area (Å²) in [5.74, 6) is -1.80. The van der Waals surface area contributed by atoms with Crippen LogP contribution in [-0.2, 0) is 14.4 Å². The van der Waals surface area contributed by atoms with Gasteiger partial charge in [-0.3, -0.25) is 14.5 Å². The van der Waals surface area contributed by atoms with Gasteiger partial charge in [-0.15, -0.1) is 6.58 Å². The van der Waals surface area contributed by atoms with E-state index in [2.05, 4.69) is 6.58 Å². The van der Waals surface area contributed by atoms with Crippen molar-refractivity contribution >= 4 is 29.5 Å². The Labute approximate surface area is 122 Å². The van der Waals surface area contributed by atoms with Crippen LogP contribution < -0.4 is 4.90 Å². The number of rotatable bonds is 5. The summed E-state index contributed by atoms with van der Waals surface area (Å²) < 4.78 is 0. The molecule has 0 saturated carbocycles. The zero-order valence-electron chi connectivity index (χ0n) is 11.4. The Morgan fingerprint density at radius 1 is 1.33 bits per heavy atom. The molecule has 108 valence electrons. The molecule has 0 radical (unpaired) electrons. The number of allylic oxidation sites excluding steroid dienone is 1. The average molecular weight is 285 g/mol. The van der Waals surface area contributed by atoms with Crippen LogP contribution in [-0.4, -0.2) is 22.9 Å². The summed E-state index contributed by atoms with van der Waals surface area (Å²) in [6.45, 7) is 3.59. The van der Waals surface area contributed by atoms with E-state index in [0.717, 1.165) is 6.08 Å². The third kappa shape index (κ3) is 3.25. The topological polar surface area (TPSA) is 74.7 Å². The predicted octanol–water partition coefficient (Wildman–Crippen LogP) is 2.24. The number of hydrogen-bond donors (Lipinski definition) is 1. The molecule has 0 aliphatic carbocycles. The zero-order valence-corrected chi connectivity index (χ0v) is 11.4. The van der Waals surface area contributed by atoms with E-state index in [1.54, 1.807) is 30.3 Å². The average Bonchev–Trinajstić information content (AvgIpc) is 2.72. The summed E-state index contributed by atoms with van der Waals surface area (Å²) in [5, 5.41) is 8.56. The van der Waals surface area contributed by atoms with Gasteiger partial charge >= 0.3 is 5.97 Å². The number of imide groups is 1. The van der Waals surface area contributed by atoms with Crippen LogP contribution in [0.5, 0.6) is 0 Å². The lowest BCUT2D eigenvalue weighted by Gasteiger charge is -2.14. The number of carbonyl (C=O) groups is 3. The Kier molecular flexibility index (Phi) is 4.33. The molecule has 1 unspecified atom stereocenters. The van der Waals surface area contributed by atoms with E-state index in [9.17, 15) is 14.4 Å². The number of carboxylic acids is 1. The smallest absolute Gasteiger partial charge is 0.328 e. The van der Waals surface area contributed by atoms with Crippen LogP contribution in [0.25, 0.3) is 6.08 Å². The molecule has 1 aliphatic rings. The largest absolute Gasteiger partial charge is 0.478 e. The number of amides is 2. The Bertz CT molecular complexity index is 616. The van der Waals surface area contributed by atoms with Gasteiger partial charge in [0.2, 0.25) is 11.8 Å². The van der Waals surface area contributed by atoms with Gasteiger partial charge in [-0.05, 0) is 30.2 Å². The minimum atomic E-state index is -1.03. The van der Waals surface area contributed by atoms with Crippen molar-refractivity contribution in [1.82, 2.24) is 0 Å². The minimum absolute atomic E-state index is 0.200. The Morgan fingerprint density at radius 3 is 2.57 bits per heavy atom. The van der Waals surface area contributed by atoms with Crippen molar-refractivity contribution in [2.24, 2.45) is 5.92 Å². The van der Waals surface area contributed by atoms with E-state index >= 15 is 0 Å². The van der Waals surface area contributed by atoms with Gasteiger partial charge in [-0.2, -0.15) is 0 Å². The summed E-state index contributed by atoms with van der Waals surface area (Å²) in [6, 6.07) is 6.59. The maximum atomic E-state index is 12.2. The molecule has 1 saturated heterocycles. The molecule has 1 fully saturated rings. The molecule has 1 heterocycles. The highest BCUT2D eigenvalue weighted by atomic mass is 16.4. The van der Waals surface area contributed by atoms with Gasteiger partial charge in [-0.25, -0.2) is 4.79 Å². The van der Waals surface area contributed by atoms with E-state index in [-0.39, 0.29) is 24.2 Å². The number of carboxylic acid groups (broad SMARTS) is 1. The first-order valence-electron chi connectivity index (χ1n) is 6.51. The second kappa shape index (κ2) is 6.17. The number of nitrogens with zero attached hydrogens (tertiary/aromatic N) is 1. The molecule has 1 aromatic rings. The van der Waals surface area contributed by atoms with E-state index in [1.165, 1.54) is 11.0 Å². The summed E-state index contributed by atoms with van der Waals surface area (Å²) in [7, 11) is 0. The van der Waals surface area contributed by atoms with Crippen LogP contribution in [0.4, 0.5) is 5.69 Å². The lowest BCUT2D eigenvalue weighted by molar-refractivity contribution is -0.131. The van der Waals surface area contributed by atoms with E-state index in [0.29, 0.717) is 17.7 Å². The predicted molar refractivity (Wildman–Crippen MR) is 78.5 cm³/mol. The molecule has 0 aromatic heterocycles. The number of anilines is 1. The number of aliphatic carboxylic acids is 1. The monoisotopic (exact) mass is 285 g/mol. The molecule has 21 heavy (non-hydrogen) atoms. The minimum Gasteiger partial charge on any atom is -0.478 e. The fourth-order valence-corrected chi connectivity index (χ4v) is 2.25. The second-order valence-electron chi connectivity index (χ2n) is 4.76. The number of carbonyl (C=O) groups excluding carboxylic acids is 2. The molecule has 1 aliphatic heterocycles. The molecule has 0 spiro atoms. The van der Waals surface area contributed by atoms with Crippen LogP contribution in [0.1, 0.15) is 18.4 Å². The van der Waals surface area contributed by atoms with E-state index in [4.69, 9.17) is 5.11 Å². The normalized spacial score (nSPS) is 18.5. The van der Waals surface area contributed by atoms with Gasteiger partial charge in [0, 0.05) is 12.5 Å². The van der Waals surface area contributed by atoms with Crippen molar-refractivity contribution in [3.05, 3.63) is 48.6 Å². The van der Waals surface area contributed by atoms with Crippen molar-refractivity contribution in [2.75, 3.05) is 4.90 Å². The molecule has 2 rings (SSSR count). The maximum Gasteiger partial charge on any atom is 0.328 e. The third-order valence-electron chi connectivity index (χ3n) is 3.26. The highest BCUT2D eigenvalue weighted by Crippen LogP contribution is 2.28. The third-order valence-corrected chi connectivity index (χ3v) is 3.26. The van der Waals surface area contributed by atoms with Crippen molar-refractivity contribution in [1.29, 1.82) is 0 Å². The Balaban J connectivity index is 2.19. The van der Waals surface area contributed by atoms with Gasteiger partial charge < -0.3 is 5.11 Å². The first-order valence-corrected chi connectivity index (χ1v) is 6.51. The summed E-state index contributed by atoms with van der Waals surface area (Å²) in [5.41, 5.74) is 1.19. The van der Waals surface area contributed by atoms with Gasteiger partial charge in [0.05, 0.1) is 11.6 Å². The van der Waals surface area contributed by atoms with Crippen molar-refractivity contribution in [3.63, 3.8) is 0 Å². The maximum absolute atomic E-state index is 12.2. The molecule has 1 N–H and O–H groups in total. The standard InChI is InChI=1S/C16H15NO4/c1-2-3-12-10-14(18)17(16(12)21)13-7-4-11(5-8-13)6-9-15(19)20/h2,4-9,12H,1,3,10H2,(H,19,20). The molecule has 5 nitrogen and oxygen atoms in total. The van der Waals surface area contributed by atoms with Crippen LogP contribution in [0.15, 0.2) is 43.0 Å². The van der Waals surface area contributed by atoms with Crippen molar-refractivity contribution in [3.8, 4) is 0 Å². The second-order valence-corrected chi connectivity index (χ2v) is 4.76. The summed E-state index contributed by atoms with van der Waals surface area (Å²) in [6.07, 6.45) is 4.80. The van der Waals surface area contributed by atoms with Gasteiger partial charge in [0.25, 0.3) is 0 Å². The lowest BCUT2D eigenvalue weighted by atomic mass is 10.0. The molecule has 1 aromatic carbocycles. The number of hydrogen-bond acceptors (Lipinski definition) is 3. The van der Waals surface area contributed by atoms with Crippen LogP contribution in [0, 0.1) is 5.92 Å². The first kappa shape index (κ1) is 14.7. The van der Waals surface area contributed by atoms with Crippen molar-refractivity contribution in [2.45, 2.75) is 12.8 Å². The fourth-order valence-electron chi connectivity index (χ4n) is 2.25. The van der Waals surface area contributed by atoms with Crippen LogP contribution in [0.2, 0.25) is 0 Å². The highest BCUT2D eigenvalue weighted by Gasteiger charge is 2.38. The van der Waals surface area contributed by atoms with Crippen LogP contribution >= 0.6 is 0 Å². The molecule has 0 bridgehead atoms. The quantitative estimate of drug-likeness (QED) is 0.511.